The Labute approximate surface area is 428 Å². The lowest BCUT2D eigenvalue weighted by molar-refractivity contribution is -0.195. The van der Waals surface area contributed by atoms with E-state index in [0.29, 0.717) is 59.1 Å². The van der Waals surface area contributed by atoms with Gasteiger partial charge in [-0.3, -0.25) is 34.2 Å². The average molecular weight is 1040 g/mol. The summed E-state index contributed by atoms with van der Waals surface area (Å²) in [4.78, 5) is 108. The standard InChI is InChI=1S/C52H56N6O17/c1-3-5-9-29-30-23-58-35(21-32-31(48(58)64)25-70-50(67)52(32,69)4-2)45(30)55-34-22-37-47(73-26-72-37)46(44(29)34)56-51(68)71-24-27-11-12-36(74-43-20-28(59)19-38(75-43)49(65)66)33(18-27)54-40(61)15-16-53-39(60)10-7-6-8-17-57-41(62)13-14-42(57)63/h11-14,18,21-22,28,38,43,59,69H,3-10,15-17,19-20,23-26H2,1-2H3,(H,53,60)(H,54,61)(H,56,68)(H,65,66)/t28-,38-,43+,52?/m1/s1. The van der Waals surface area contributed by atoms with Crippen LogP contribution in [0.5, 0.6) is 17.2 Å². The van der Waals surface area contributed by atoms with Crippen LogP contribution in [0.3, 0.4) is 0 Å². The maximum Gasteiger partial charge on any atom is 0.412 e. The lowest BCUT2D eigenvalue weighted by Gasteiger charge is -2.31. The van der Waals surface area contributed by atoms with E-state index in [0.717, 1.165) is 23.3 Å². The number of fused-ring (bicyclic) bond motifs is 6. The maximum absolute atomic E-state index is 14.1. The lowest BCUT2D eigenvalue weighted by atomic mass is 9.86. The number of aliphatic hydroxyl groups is 2. The lowest BCUT2D eigenvalue weighted by Crippen LogP contribution is -2.44. The summed E-state index contributed by atoms with van der Waals surface area (Å²) >= 11 is 0. The number of hydrogen-bond donors (Lipinski definition) is 6. The van der Waals surface area contributed by atoms with E-state index in [1.807, 2.05) is 6.92 Å². The zero-order chi connectivity index (χ0) is 53.1. The quantitative estimate of drug-likeness (QED) is 0.0362. The molecule has 1 saturated heterocycles. The first-order chi connectivity index (χ1) is 36.1. The number of nitrogens with one attached hydrogen (secondary N) is 3. The topological polar surface area (TPSA) is 310 Å². The largest absolute Gasteiger partial charge is 0.479 e. The van der Waals surface area contributed by atoms with Crippen molar-refractivity contribution < 1.29 is 77.3 Å². The van der Waals surface area contributed by atoms with Crippen LogP contribution >= 0.6 is 0 Å². The second-order valence-electron chi connectivity index (χ2n) is 18.8. The summed E-state index contributed by atoms with van der Waals surface area (Å²) in [5.74, 6) is -3.12. The molecule has 5 aliphatic rings. The number of hydrogen-bond acceptors (Lipinski definition) is 17. The summed E-state index contributed by atoms with van der Waals surface area (Å²) in [6.07, 6.45) is 1.33. The van der Waals surface area contributed by atoms with E-state index < -0.39 is 53.6 Å². The Morgan fingerprint density at radius 2 is 1.71 bits per heavy atom. The molecular weight excluding hydrogens is 981 g/mol. The summed E-state index contributed by atoms with van der Waals surface area (Å²) in [5, 5.41) is 40.3. The highest BCUT2D eigenvalue weighted by Gasteiger charge is 2.46. The van der Waals surface area contributed by atoms with Crippen LogP contribution in [0.4, 0.5) is 16.2 Å². The number of esters is 1. The fourth-order valence-electron chi connectivity index (χ4n) is 9.84. The van der Waals surface area contributed by atoms with Crippen LogP contribution in [0.1, 0.15) is 106 Å². The summed E-state index contributed by atoms with van der Waals surface area (Å²) in [6.45, 7) is 3.23. The zero-order valence-electron chi connectivity index (χ0n) is 41.2. The van der Waals surface area contributed by atoms with E-state index in [-0.39, 0.29) is 129 Å². The number of aliphatic carboxylic acids is 1. The predicted molar refractivity (Wildman–Crippen MR) is 262 cm³/mol. The Balaban J connectivity index is 0.915. The third-order valence-corrected chi connectivity index (χ3v) is 13.8. The van der Waals surface area contributed by atoms with Gasteiger partial charge in [0, 0.05) is 73.5 Å². The number of carboxylic acids is 1. The Morgan fingerprint density at radius 3 is 2.47 bits per heavy atom. The van der Waals surface area contributed by atoms with E-state index >= 15 is 0 Å². The van der Waals surface area contributed by atoms with E-state index in [9.17, 15) is 53.7 Å². The number of aryl methyl sites for hydroxylation is 1. The molecule has 7 heterocycles. The van der Waals surface area contributed by atoms with Gasteiger partial charge in [0.1, 0.15) is 24.7 Å². The van der Waals surface area contributed by atoms with E-state index in [2.05, 4.69) is 16.0 Å². The van der Waals surface area contributed by atoms with Gasteiger partial charge < -0.3 is 58.9 Å². The number of amides is 5. The number of carboxylic acid groups (broad SMARTS) is 1. The molecule has 5 aliphatic heterocycles. The van der Waals surface area contributed by atoms with Crippen molar-refractivity contribution >= 4 is 63.9 Å². The van der Waals surface area contributed by atoms with Crippen LogP contribution < -0.4 is 35.7 Å². The van der Waals surface area contributed by atoms with Gasteiger partial charge in [-0.15, -0.1) is 0 Å². The summed E-state index contributed by atoms with van der Waals surface area (Å²) < 4.78 is 35.8. The first-order valence-electron chi connectivity index (χ1n) is 24.9. The number of carbonyl (C=O) groups excluding carboxylic acids is 6. The first-order valence-corrected chi connectivity index (χ1v) is 24.9. The molecule has 23 nitrogen and oxygen atoms in total. The number of rotatable bonds is 20. The molecule has 6 N–H and O–H groups in total. The summed E-state index contributed by atoms with van der Waals surface area (Å²) in [6, 6.07) is 7.81. The Bertz CT molecular complexity index is 3080. The zero-order valence-corrected chi connectivity index (χ0v) is 41.2. The highest BCUT2D eigenvalue weighted by atomic mass is 16.7. The van der Waals surface area contributed by atoms with Gasteiger partial charge in [-0.25, -0.2) is 19.4 Å². The molecule has 0 aliphatic carbocycles. The van der Waals surface area contributed by atoms with Crippen LogP contribution in [-0.4, -0.2) is 110 Å². The number of aromatic nitrogens is 2. The van der Waals surface area contributed by atoms with Gasteiger partial charge in [-0.1, -0.05) is 32.8 Å². The van der Waals surface area contributed by atoms with Crippen molar-refractivity contribution in [1.29, 1.82) is 0 Å². The molecule has 396 valence electrons. The number of unbranched alkanes of at least 4 members (excludes halogenated alkanes) is 3. The highest BCUT2D eigenvalue weighted by molar-refractivity contribution is 6.13. The molecule has 23 heteroatoms. The SMILES string of the molecule is CCCCc1c2c(nc3cc4c(c(NC(=O)OCc5ccc(O[C@@H]6C[C@H](O)C[C@H](C(=O)O)O6)c(NC(=O)CCNC(=O)CCCCCN6C(=O)C=CC6=O)c5)c13)OCO4)-c1cc3c(c(=O)n1C2)COC(=O)C3(O)CC. The Kier molecular flexibility index (Phi) is 15.2. The number of aliphatic hydroxyl groups excluding tert-OH is 1. The predicted octanol–water partition coefficient (Wildman–Crippen LogP) is 4.16. The molecule has 75 heavy (non-hydrogen) atoms. The Hall–Kier alpha value is -7.89. The van der Waals surface area contributed by atoms with Crippen molar-refractivity contribution in [3.8, 4) is 28.6 Å². The monoisotopic (exact) mass is 1040 g/mol. The van der Waals surface area contributed by atoms with Crippen LogP contribution in [-0.2, 0) is 74.8 Å². The van der Waals surface area contributed by atoms with Gasteiger partial charge in [0.05, 0.1) is 40.8 Å². The number of benzene rings is 2. The Morgan fingerprint density at radius 1 is 0.907 bits per heavy atom. The molecule has 1 unspecified atom stereocenters. The minimum atomic E-state index is -2.02. The van der Waals surface area contributed by atoms with E-state index in [4.69, 9.17) is 33.4 Å². The molecule has 2 aromatic heterocycles. The summed E-state index contributed by atoms with van der Waals surface area (Å²) in [5.41, 5.74) is 1.39. The second kappa shape index (κ2) is 21.9. The number of carbonyl (C=O) groups is 7. The smallest absolute Gasteiger partial charge is 0.412 e. The molecule has 0 radical (unpaired) electrons. The molecule has 0 bridgehead atoms. The molecular formula is C52H56N6O17. The number of ether oxygens (including phenoxy) is 6. The van der Waals surface area contributed by atoms with Gasteiger partial charge in [-0.05, 0) is 61.4 Å². The van der Waals surface area contributed by atoms with Crippen molar-refractivity contribution in [3.05, 3.63) is 80.7 Å². The number of nitrogens with zero attached hydrogens (tertiary/aromatic N) is 3. The first kappa shape index (κ1) is 52.0. The molecule has 4 atom stereocenters. The van der Waals surface area contributed by atoms with Crippen molar-refractivity contribution in [2.45, 2.75) is 128 Å². The molecule has 2 aromatic carbocycles. The third kappa shape index (κ3) is 10.7. The second-order valence-corrected chi connectivity index (χ2v) is 18.8. The van der Waals surface area contributed by atoms with Crippen molar-refractivity contribution in [2.24, 2.45) is 0 Å². The van der Waals surface area contributed by atoms with Crippen LogP contribution in [0.2, 0.25) is 0 Å². The van der Waals surface area contributed by atoms with Gasteiger partial charge in [0.25, 0.3) is 17.4 Å². The van der Waals surface area contributed by atoms with Crippen LogP contribution in [0.25, 0.3) is 22.3 Å². The van der Waals surface area contributed by atoms with Gasteiger partial charge >= 0.3 is 18.0 Å². The molecule has 1 fully saturated rings. The van der Waals surface area contributed by atoms with Crippen molar-refractivity contribution in [3.63, 3.8) is 0 Å². The number of cyclic esters (lactones) is 1. The van der Waals surface area contributed by atoms with Crippen molar-refractivity contribution in [1.82, 2.24) is 19.8 Å². The molecule has 0 saturated carbocycles. The molecule has 4 aromatic rings. The minimum absolute atomic E-state index is 0.0197. The number of anilines is 2. The summed E-state index contributed by atoms with van der Waals surface area (Å²) in [7, 11) is 0. The van der Waals surface area contributed by atoms with E-state index in [1.54, 1.807) is 29.7 Å². The van der Waals surface area contributed by atoms with E-state index in [1.165, 1.54) is 24.3 Å². The minimum Gasteiger partial charge on any atom is -0.479 e. The molecule has 9 rings (SSSR count). The number of imide groups is 1. The normalized spacial score (nSPS) is 20.1. The fourth-order valence-corrected chi connectivity index (χ4v) is 9.84. The van der Waals surface area contributed by atoms with Gasteiger partial charge in [0.15, 0.2) is 23.2 Å². The fraction of sp³-hybridized carbons (Fsp3) is 0.442. The maximum atomic E-state index is 14.1. The van der Waals surface area contributed by atoms with Crippen LogP contribution in [0.15, 0.2) is 47.3 Å². The van der Waals surface area contributed by atoms with Gasteiger partial charge in [0.2, 0.25) is 24.9 Å². The third-order valence-electron chi connectivity index (χ3n) is 13.8. The molecule has 5 amide bonds. The average Bonchev–Trinajstić information content (AvgIpc) is 4.11. The molecule has 0 spiro atoms. The van der Waals surface area contributed by atoms with Gasteiger partial charge in [-0.2, -0.15) is 0 Å². The highest BCUT2D eigenvalue weighted by Crippen LogP contribution is 2.49. The number of pyridine rings is 2. The van der Waals surface area contributed by atoms with Crippen LogP contribution in [0, 0.1) is 0 Å². The van der Waals surface area contributed by atoms with Crippen molar-refractivity contribution in [2.75, 3.05) is 30.5 Å².